The Hall–Kier alpha value is -1.33. The Morgan fingerprint density at radius 3 is 2.20 bits per heavy atom. The molecule has 0 aliphatic rings. The van der Waals surface area contributed by atoms with Gasteiger partial charge in [-0.1, -0.05) is 33.6 Å². The molecule has 2 aromatic carbocycles. The lowest BCUT2D eigenvalue weighted by Crippen LogP contribution is -2.09. The van der Waals surface area contributed by atoms with Crippen molar-refractivity contribution in [2.75, 3.05) is 0 Å². The number of carbonyl (C=O) groups excluding carboxylic acids is 1. The van der Waals surface area contributed by atoms with E-state index in [1.54, 1.807) is 0 Å². The summed E-state index contributed by atoms with van der Waals surface area (Å²) in [6.07, 6.45) is -0.268. The molecule has 104 valence electrons. The van der Waals surface area contributed by atoms with E-state index in [1.165, 1.54) is 12.1 Å². The molecule has 0 unspecified atom stereocenters. The Morgan fingerprint density at radius 2 is 1.65 bits per heavy atom. The van der Waals surface area contributed by atoms with Gasteiger partial charge in [-0.05, 0) is 29.8 Å². The molecular formula is C14H7BrClF3O. The second-order valence-corrected chi connectivity index (χ2v) is 5.42. The third-order valence-corrected chi connectivity index (χ3v) is 3.38. The molecule has 0 atom stereocenters. The molecule has 1 nitrogen and oxygen atoms in total. The van der Waals surface area contributed by atoms with Crippen molar-refractivity contribution in [3.8, 4) is 0 Å². The second kappa shape index (κ2) is 5.97. The molecule has 20 heavy (non-hydrogen) atoms. The van der Waals surface area contributed by atoms with Crippen LogP contribution in [0.5, 0.6) is 0 Å². The minimum Gasteiger partial charge on any atom is -0.294 e. The molecule has 0 amide bonds. The summed E-state index contributed by atoms with van der Waals surface area (Å²) in [5, 5.41) is -0.146. The van der Waals surface area contributed by atoms with Crippen LogP contribution in [0.25, 0.3) is 0 Å². The van der Waals surface area contributed by atoms with Crippen molar-refractivity contribution in [3.05, 3.63) is 68.4 Å². The van der Waals surface area contributed by atoms with Gasteiger partial charge in [-0.15, -0.1) is 0 Å². The first kappa shape index (κ1) is 15.1. The minimum atomic E-state index is -0.949. The number of hydrogen-bond acceptors (Lipinski definition) is 1. The molecular weight excluding hydrogens is 357 g/mol. The first-order valence-electron chi connectivity index (χ1n) is 5.50. The molecule has 0 spiro atoms. The molecule has 0 heterocycles. The highest BCUT2D eigenvalue weighted by Gasteiger charge is 2.19. The molecule has 2 rings (SSSR count). The standard InChI is InChI=1S/C14H7BrClF3O/c15-8-5-11(18)14(12(19)6-8)13(20)4-7-1-2-10(17)9(16)3-7/h1-3,5-6H,4H2. The summed E-state index contributed by atoms with van der Waals surface area (Å²) in [5.41, 5.74) is -0.239. The fourth-order valence-electron chi connectivity index (χ4n) is 1.73. The van der Waals surface area contributed by atoms with Crippen LogP contribution in [0.2, 0.25) is 5.02 Å². The van der Waals surface area contributed by atoms with Gasteiger partial charge in [0, 0.05) is 10.9 Å². The van der Waals surface area contributed by atoms with Crippen LogP contribution in [-0.2, 0) is 6.42 Å². The summed E-state index contributed by atoms with van der Waals surface area (Å²) in [4.78, 5) is 11.9. The summed E-state index contributed by atoms with van der Waals surface area (Å²) in [6, 6.07) is 5.71. The third-order valence-electron chi connectivity index (χ3n) is 2.63. The molecule has 0 N–H and O–H groups in total. The van der Waals surface area contributed by atoms with Crippen molar-refractivity contribution in [1.82, 2.24) is 0 Å². The van der Waals surface area contributed by atoms with Gasteiger partial charge in [0.2, 0.25) is 0 Å². The van der Waals surface area contributed by atoms with E-state index in [0.29, 0.717) is 5.56 Å². The smallest absolute Gasteiger partial charge is 0.173 e. The van der Waals surface area contributed by atoms with E-state index >= 15 is 0 Å². The number of rotatable bonds is 3. The zero-order valence-electron chi connectivity index (χ0n) is 9.89. The number of carbonyl (C=O) groups is 1. The summed E-state index contributed by atoms with van der Waals surface area (Å²) in [5.74, 6) is -3.26. The molecule has 0 saturated heterocycles. The summed E-state index contributed by atoms with van der Waals surface area (Å²) in [7, 11) is 0. The van der Waals surface area contributed by atoms with Gasteiger partial charge in [-0.2, -0.15) is 0 Å². The first-order chi connectivity index (χ1) is 9.38. The summed E-state index contributed by atoms with van der Waals surface area (Å²) < 4.78 is 40.5. The second-order valence-electron chi connectivity index (χ2n) is 4.09. The van der Waals surface area contributed by atoms with Crippen molar-refractivity contribution in [3.63, 3.8) is 0 Å². The molecule has 0 bridgehead atoms. The van der Waals surface area contributed by atoms with Crippen LogP contribution in [0.4, 0.5) is 13.2 Å². The lowest BCUT2D eigenvalue weighted by atomic mass is 10.0. The monoisotopic (exact) mass is 362 g/mol. The van der Waals surface area contributed by atoms with Crippen molar-refractivity contribution in [2.45, 2.75) is 6.42 Å². The average molecular weight is 364 g/mol. The molecule has 0 aliphatic carbocycles. The maximum atomic E-state index is 13.6. The number of ketones is 1. The summed E-state index contributed by atoms with van der Waals surface area (Å²) in [6.45, 7) is 0. The molecule has 6 heteroatoms. The fourth-order valence-corrected chi connectivity index (χ4v) is 2.34. The van der Waals surface area contributed by atoms with Gasteiger partial charge in [0.25, 0.3) is 0 Å². The van der Waals surface area contributed by atoms with Crippen LogP contribution in [0.3, 0.4) is 0 Å². The topological polar surface area (TPSA) is 17.1 Å². The highest BCUT2D eigenvalue weighted by Crippen LogP contribution is 2.22. The lowest BCUT2D eigenvalue weighted by Gasteiger charge is -2.06. The number of hydrogen-bond donors (Lipinski definition) is 0. The van der Waals surface area contributed by atoms with Crippen LogP contribution in [-0.4, -0.2) is 5.78 Å². The van der Waals surface area contributed by atoms with E-state index in [2.05, 4.69) is 15.9 Å². The normalized spacial score (nSPS) is 10.7. The van der Waals surface area contributed by atoms with E-state index in [-0.39, 0.29) is 15.9 Å². The predicted molar refractivity (Wildman–Crippen MR) is 73.5 cm³/mol. The number of benzene rings is 2. The Morgan fingerprint density at radius 1 is 1.05 bits per heavy atom. The third kappa shape index (κ3) is 3.22. The quantitative estimate of drug-likeness (QED) is 0.706. The van der Waals surface area contributed by atoms with Crippen molar-refractivity contribution in [1.29, 1.82) is 0 Å². The molecule has 2 aromatic rings. The zero-order valence-corrected chi connectivity index (χ0v) is 12.2. The Bertz CT molecular complexity index is 665. The van der Waals surface area contributed by atoms with Crippen molar-refractivity contribution < 1.29 is 18.0 Å². The lowest BCUT2D eigenvalue weighted by molar-refractivity contribution is 0.0985. The average Bonchev–Trinajstić information content (AvgIpc) is 2.32. The van der Waals surface area contributed by atoms with Crippen LogP contribution in [0, 0.1) is 17.5 Å². The van der Waals surface area contributed by atoms with E-state index in [4.69, 9.17) is 11.6 Å². The van der Waals surface area contributed by atoms with Gasteiger partial charge in [-0.25, -0.2) is 13.2 Å². The maximum Gasteiger partial charge on any atom is 0.173 e. The Balaban J connectivity index is 2.31. The largest absolute Gasteiger partial charge is 0.294 e. The van der Waals surface area contributed by atoms with E-state index < -0.39 is 28.8 Å². The fraction of sp³-hybridized carbons (Fsp3) is 0.0714. The van der Waals surface area contributed by atoms with Crippen LogP contribution < -0.4 is 0 Å². The number of Topliss-reactive ketones (excluding diaryl/α,β-unsaturated/α-hetero) is 1. The van der Waals surface area contributed by atoms with E-state index in [9.17, 15) is 18.0 Å². The minimum absolute atomic E-state index is 0.146. The van der Waals surface area contributed by atoms with Gasteiger partial charge in [0.05, 0.1) is 10.6 Å². The molecule has 0 radical (unpaired) electrons. The molecule has 0 fully saturated rings. The van der Waals surface area contributed by atoms with Crippen LogP contribution >= 0.6 is 27.5 Å². The van der Waals surface area contributed by atoms with E-state index in [1.807, 2.05) is 0 Å². The zero-order chi connectivity index (χ0) is 14.9. The van der Waals surface area contributed by atoms with Crippen molar-refractivity contribution >= 4 is 33.3 Å². The maximum absolute atomic E-state index is 13.6. The van der Waals surface area contributed by atoms with Gasteiger partial charge >= 0.3 is 0 Å². The molecule has 0 aromatic heterocycles. The first-order valence-corrected chi connectivity index (χ1v) is 6.67. The number of halogens is 5. The molecule has 0 saturated carbocycles. The van der Waals surface area contributed by atoms with Gasteiger partial charge < -0.3 is 0 Å². The summed E-state index contributed by atoms with van der Waals surface area (Å²) >= 11 is 8.52. The van der Waals surface area contributed by atoms with Gasteiger partial charge in [0.1, 0.15) is 17.5 Å². The highest BCUT2D eigenvalue weighted by molar-refractivity contribution is 9.10. The predicted octanol–water partition coefficient (Wildman–Crippen LogP) is 4.95. The Labute approximate surface area is 126 Å². The Kier molecular flexibility index (Phi) is 4.50. The highest BCUT2D eigenvalue weighted by atomic mass is 79.9. The van der Waals surface area contributed by atoms with Crippen LogP contribution in [0.1, 0.15) is 15.9 Å². The van der Waals surface area contributed by atoms with Gasteiger partial charge in [-0.3, -0.25) is 4.79 Å². The molecule has 0 aliphatic heterocycles. The SMILES string of the molecule is O=C(Cc1ccc(F)c(Cl)c1)c1c(F)cc(Br)cc1F. The van der Waals surface area contributed by atoms with Gasteiger partial charge in [0.15, 0.2) is 5.78 Å². The van der Waals surface area contributed by atoms with Crippen molar-refractivity contribution in [2.24, 2.45) is 0 Å². The van der Waals surface area contributed by atoms with Crippen LogP contribution in [0.15, 0.2) is 34.8 Å². The van der Waals surface area contributed by atoms with E-state index in [0.717, 1.165) is 18.2 Å².